The second kappa shape index (κ2) is 5.58. The number of nitrogens with zero attached hydrogens (tertiary/aromatic N) is 2. The molecule has 0 aliphatic carbocycles. The van der Waals surface area contributed by atoms with Crippen molar-refractivity contribution in [1.29, 1.82) is 0 Å². The molecule has 0 atom stereocenters. The molecule has 1 aliphatic rings. The van der Waals surface area contributed by atoms with Crippen LogP contribution in [0.4, 0.5) is 11.5 Å². The van der Waals surface area contributed by atoms with Crippen molar-refractivity contribution in [3.8, 4) is 0 Å². The van der Waals surface area contributed by atoms with Gasteiger partial charge < -0.3 is 10.6 Å². The van der Waals surface area contributed by atoms with Crippen LogP contribution in [0, 0.1) is 5.92 Å². The lowest BCUT2D eigenvalue weighted by Gasteiger charge is -2.32. The predicted molar refractivity (Wildman–Crippen MR) is 73.5 cm³/mol. The van der Waals surface area contributed by atoms with E-state index in [0.29, 0.717) is 10.8 Å². The molecule has 4 heteroatoms. The largest absolute Gasteiger partial charge is 0.399 e. The summed E-state index contributed by atoms with van der Waals surface area (Å²) in [6.45, 7) is 4.39. The zero-order chi connectivity index (χ0) is 12.3. The Balaban J connectivity index is 2.00. The summed E-state index contributed by atoms with van der Waals surface area (Å²) < 4.78 is 0. The fourth-order valence-electron chi connectivity index (χ4n) is 2.52. The molecule has 2 N–H and O–H groups in total. The Morgan fingerprint density at radius 1 is 1.41 bits per heavy atom. The number of hydrogen-bond donors (Lipinski definition) is 1. The van der Waals surface area contributed by atoms with Crippen molar-refractivity contribution in [2.75, 3.05) is 23.7 Å². The maximum Gasteiger partial charge on any atom is 0.133 e. The number of aromatic nitrogens is 1. The lowest BCUT2D eigenvalue weighted by Crippen LogP contribution is -2.34. The quantitative estimate of drug-likeness (QED) is 0.841. The molecule has 1 saturated heterocycles. The molecule has 0 saturated carbocycles. The first-order chi connectivity index (χ1) is 8.19. The number of rotatable bonds is 3. The standard InChI is InChI=1S/C13H20ClN3/c1-2-3-10-4-6-17(7-5-10)13-9-11(15)8-12(14)16-13/h8-10H,2-7H2,1H3,(H2,15,16). The van der Waals surface area contributed by atoms with E-state index in [1.807, 2.05) is 6.07 Å². The van der Waals surface area contributed by atoms with Crippen LogP contribution >= 0.6 is 11.6 Å². The maximum atomic E-state index is 5.93. The van der Waals surface area contributed by atoms with Gasteiger partial charge in [0, 0.05) is 24.8 Å². The molecule has 1 aromatic rings. The van der Waals surface area contributed by atoms with Crippen molar-refractivity contribution in [1.82, 2.24) is 4.98 Å². The number of nitrogens with two attached hydrogens (primary N) is 1. The van der Waals surface area contributed by atoms with Gasteiger partial charge in [0.15, 0.2) is 0 Å². The third kappa shape index (κ3) is 3.25. The number of nitrogen functional groups attached to an aromatic ring is 1. The second-order valence-corrected chi connectivity index (χ2v) is 5.19. The Morgan fingerprint density at radius 2 is 2.12 bits per heavy atom. The topological polar surface area (TPSA) is 42.1 Å². The number of pyridine rings is 1. The maximum absolute atomic E-state index is 5.93. The highest BCUT2D eigenvalue weighted by atomic mass is 35.5. The molecule has 0 aromatic carbocycles. The van der Waals surface area contributed by atoms with Crippen LogP contribution < -0.4 is 10.6 Å². The minimum atomic E-state index is 0.482. The van der Waals surface area contributed by atoms with Crippen molar-refractivity contribution in [3.05, 3.63) is 17.3 Å². The van der Waals surface area contributed by atoms with Crippen LogP contribution in [-0.4, -0.2) is 18.1 Å². The average molecular weight is 254 g/mol. The van der Waals surface area contributed by atoms with E-state index in [-0.39, 0.29) is 0 Å². The van der Waals surface area contributed by atoms with Crippen LogP contribution in [0.5, 0.6) is 0 Å². The van der Waals surface area contributed by atoms with Gasteiger partial charge in [-0.05, 0) is 24.8 Å². The molecule has 0 radical (unpaired) electrons. The van der Waals surface area contributed by atoms with Crippen molar-refractivity contribution >= 4 is 23.1 Å². The van der Waals surface area contributed by atoms with Gasteiger partial charge in [0.25, 0.3) is 0 Å². The van der Waals surface area contributed by atoms with Crippen LogP contribution in [-0.2, 0) is 0 Å². The van der Waals surface area contributed by atoms with E-state index >= 15 is 0 Å². The number of piperidine rings is 1. The molecule has 94 valence electrons. The van der Waals surface area contributed by atoms with Gasteiger partial charge in [0.2, 0.25) is 0 Å². The lowest BCUT2D eigenvalue weighted by atomic mass is 9.92. The highest BCUT2D eigenvalue weighted by molar-refractivity contribution is 6.29. The van der Waals surface area contributed by atoms with E-state index in [9.17, 15) is 0 Å². The van der Waals surface area contributed by atoms with Crippen molar-refractivity contribution in [2.24, 2.45) is 5.92 Å². The molecule has 2 heterocycles. The van der Waals surface area contributed by atoms with E-state index in [1.165, 1.54) is 25.7 Å². The summed E-state index contributed by atoms with van der Waals surface area (Å²) in [5.41, 5.74) is 6.48. The lowest BCUT2D eigenvalue weighted by molar-refractivity contribution is 0.377. The van der Waals surface area contributed by atoms with E-state index in [1.54, 1.807) is 6.07 Å². The molecule has 0 bridgehead atoms. The summed E-state index contributed by atoms with van der Waals surface area (Å²) in [7, 11) is 0. The van der Waals surface area contributed by atoms with Crippen molar-refractivity contribution in [2.45, 2.75) is 32.6 Å². The van der Waals surface area contributed by atoms with Gasteiger partial charge in [-0.25, -0.2) is 4.98 Å². The van der Waals surface area contributed by atoms with Gasteiger partial charge >= 0.3 is 0 Å². The van der Waals surface area contributed by atoms with Crippen LogP contribution in [0.15, 0.2) is 12.1 Å². The van der Waals surface area contributed by atoms with Gasteiger partial charge in [-0.2, -0.15) is 0 Å². The average Bonchev–Trinajstić information content (AvgIpc) is 2.29. The first-order valence-electron chi connectivity index (χ1n) is 6.37. The van der Waals surface area contributed by atoms with Crippen LogP contribution in [0.25, 0.3) is 0 Å². The van der Waals surface area contributed by atoms with Gasteiger partial charge in [0.05, 0.1) is 0 Å². The van der Waals surface area contributed by atoms with E-state index < -0.39 is 0 Å². The fraction of sp³-hybridized carbons (Fsp3) is 0.615. The first-order valence-corrected chi connectivity index (χ1v) is 6.75. The summed E-state index contributed by atoms with van der Waals surface area (Å²) in [6, 6.07) is 3.60. The van der Waals surface area contributed by atoms with E-state index in [4.69, 9.17) is 17.3 Å². The monoisotopic (exact) mass is 253 g/mol. The Kier molecular flexibility index (Phi) is 4.11. The summed E-state index contributed by atoms with van der Waals surface area (Å²) in [6.07, 6.45) is 5.13. The number of hydrogen-bond acceptors (Lipinski definition) is 3. The molecule has 2 rings (SSSR count). The van der Waals surface area contributed by atoms with Crippen LogP contribution in [0.1, 0.15) is 32.6 Å². The van der Waals surface area contributed by atoms with Gasteiger partial charge in [0.1, 0.15) is 11.0 Å². The second-order valence-electron chi connectivity index (χ2n) is 4.80. The summed E-state index contributed by atoms with van der Waals surface area (Å²) in [5, 5.41) is 0.482. The van der Waals surface area contributed by atoms with Crippen molar-refractivity contribution < 1.29 is 0 Å². The summed E-state index contributed by atoms with van der Waals surface area (Å²) >= 11 is 5.93. The number of halogens is 1. The zero-order valence-corrected chi connectivity index (χ0v) is 11.1. The molecule has 17 heavy (non-hydrogen) atoms. The third-order valence-electron chi connectivity index (χ3n) is 3.44. The molecule has 0 unspecified atom stereocenters. The molecule has 0 spiro atoms. The Labute approximate surface area is 108 Å². The Hall–Kier alpha value is -0.960. The summed E-state index contributed by atoms with van der Waals surface area (Å²) in [5.74, 6) is 1.80. The Morgan fingerprint density at radius 3 is 2.71 bits per heavy atom. The first kappa shape index (κ1) is 12.5. The number of anilines is 2. The Bertz CT molecular complexity index is 353. The summed E-state index contributed by atoms with van der Waals surface area (Å²) in [4.78, 5) is 6.63. The van der Waals surface area contributed by atoms with Crippen LogP contribution in [0.2, 0.25) is 5.15 Å². The fourth-order valence-corrected chi connectivity index (χ4v) is 2.74. The predicted octanol–water partition coefficient (Wildman–Crippen LogP) is 3.33. The molecular formula is C13H20ClN3. The molecule has 0 amide bonds. The third-order valence-corrected chi connectivity index (χ3v) is 3.63. The van der Waals surface area contributed by atoms with E-state index in [0.717, 1.165) is 24.8 Å². The van der Waals surface area contributed by atoms with Gasteiger partial charge in [-0.15, -0.1) is 0 Å². The smallest absolute Gasteiger partial charge is 0.133 e. The van der Waals surface area contributed by atoms with Crippen molar-refractivity contribution in [3.63, 3.8) is 0 Å². The zero-order valence-electron chi connectivity index (χ0n) is 10.3. The molecule has 1 aliphatic heterocycles. The highest BCUT2D eigenvalue weighted by Crippen LogP contribution is 2.26. The SMILES string of the molecule is CCCC1CCN(c2cc(N)cc(Cl)n2)CC1. The van der Waals surface area contributed by atoms with Crippen LogP contribution in [0.3, 0.4) is 0 Å². The minimum absolute atomic E-state index is 0.482. The normalized spacial score (nSPS) is 17.4. The van der Waals surface area contributed by atoms with Gasteiger partial charge in [-0.1, -0.05) is 31.4 Å². The van der Waals surface area contributed by atoms with E-state index in [2.05, 4.69) is 16.8 Å². The molecule has 1 aromatic heterocycles. The molecule has 1 fully saturated rings. The molecular weight excluding hydrogens is 234 g/mol. The van der Waals surface area contributed by atoms with Gasteiger partial charge in [-0.3, -0.25) is 0 Å². The molecule has 3 nitrogen and oxygen atoms in total. The minimum Gasteiger partial charge on any atom is -0.399 e. The highest BCUT2D eigenvalue weighted by Gasteiger charge is 2.19.